The number of alkyl carbamates (subject to hydrolysis) is 1. The Labute approximate surface area is 400 Å². The highest BCUT2D eigenvalue weighted by Crippen LogP contribution is 2.44. The predicted octanol–water partition coefficient (Wildman–Crippen LogP) is 3.01. The summed E-state index contributed by atoms with van der Waals surface area (Å²) in [6.07, 6.45) is 2.03. The maximum Gasteiger partial charge on any atom is 0.407 e. The van der Waals surface area contributed by atoms with Crippen molar-refractivity contribution >= 4 is 36.3 Å². The summed E-state index contributed by atoms with van der Waals surface area (Å²) in [5.41, 5.74) is 4.63. The third kappa shape index (κ3) is 26.2. The number of ether oxygens (including phenoxy) is 9. The van der Waals surface area contributed by atoms with Crippen LogP contribution >= 0.6 is 0 Å². The van der Waals surface area contributed by atoms with E-state index in [2.05, 4.69) is 36.2 Å². The Bertz CT molecular complexity index is 1720. The molecule has 0 bridgehead atoms. The van der Waals surface area contributed by atoms with Crippen LogP contribution in [0.3, 0.4) is 0 Å². The van der Waals surface area contributed by atoms with Gasteiger partial charge < -0.3 is 67.8 Å². The lowest BCUT2D eigenvalue weighted by atomic mass is 9.98. The number of amides is 4. The molecule has 20 nitrogen and oxygen atoms in total. The number of carbonyl (C=O) groups is 6. The Morgan fingerprint density at radius 1 is 0.647 bits per heavy atom. The highest BCUT2D eigenvalue weighted by atomic mass is 16.6. The minimum absolute atomic E-state index is 0.00730. The molecular weight excluding hydrogens is 889 g/mol. The van der Waals surface area contributed by atoms with Crippen LogP contribution in [0, 0.1) is 0 Å². The normalized spacial score (nSPS) is 11.3. The summed E-state index contributed by atoms with van der Waals surface area (Å²) in [5.74, 6) is -1.61. The molecule has 0 aromatic heterocycles. The Kier molecular flexibility index (Phi) is 32.3. The summed E-state index contributed by atoms with van der Waals surface area (Å²) in [7, 11) is 3.35. The molecule has 0 saturated heterocycles. The van der Waals surface area contributed by atoms with Crippen LogP contribution in [-0.2, 0) is 66.6 Å². The molecule has 0 unspecified atom stereocenters. The number of fused-ring (bicyclic) bond motifs is 3. The van der Waals surface area contributed by atoms with E-state index in [0.29, 0.717) is 85.7 Å². The van der Waals surface area contributed by atoms with Gasteiger partial charge in [-0.2, -0.15) is 0 Å². The number of hydrogen-bond donors (Lipinski definition) is 2. The molecule has 2 aromatic carbocycles. The summed E-state index contributed by atoms with van der Waals surface area (Å²) >= 11 is 0. The number of nitrogens with one attached hydrogen (secondary N) is 1. The van der Waals surface area contributed by atoms with Gasteiger partial charge in [-0.25, -0.2) is 4.79 Å². The number of carboxylic acids is 1. The van der Waals surface area contributed by atoms with Crippen molar-refractivity contribution in [3.63, 3.8) is 0 Å². The van der Waals surface area contributed by atoms with E-state index in [1.807, 2.05) is 31.2 Å². The van der Waals surface area contributed by atoms with Crippen LogP contribution < -0.4 is 5.32 Å². The molecule has 0 atom stereocenters. The zero-order chi connectivity index (χ0) is 49.6. The quantitative estimate of drug-likeness (QED) is 0.0427. The summed E-state index contributed by atoms with van der Waals surface area (Å²) in [4.78, 5) is 73.9. The first kappa shape index (κ1) is 58.6. The first-order valence-corrected chi connectivity index (χ1v) is 22.8. The summed E-state index contributed by atoms with van der Waals surface area (Å²) in [6, 6.07) is 16.3. The molecule has 380 valence electrons. The molecule has 4 amide bonds. The number of esters is 1. The fourth-order valence-electron chi connectivity index (χ4n) is 6.16. The van der Waals surface area contributed by atoms with E-state index in [9.17, 15) is 28.8 Å². The zero-order valence-electron chi connectivity index (χ0n) is 39.9. The molecule has 20 heteroatoms. The molecule has 0 saturated carbocycles. The highest BCUT2D eigenvalue weighted by Gasteiger charge is 2.29. The monoisotopic (exact) mass is 960 g/mol. The van der Waals surface area contributed by atoms with Gasteiger partial charge >= 0.3 is 18.0 Å². The molecule has 2 N–H and O–H groups in total. The van der Waals surface area contributed by atoms with Gasteiger partial charge in [-0.05, 0) is 29.2 Å². The lowest BCUT2D eigenvalue weighted by Gasteiger charge is -2.24. The Morgan fingerprint density at radius 2 is 1.15 bits per heavy atom. The second-order valence-electron chi connectivity index (χ2n) is 15.0. The minimum atomic E-state index is -0.871. The highest BCUT2D eigenvalue weighted by molar-refractivity contribution is 5.84. The molecule has 0 spiro atoms. The first-order chi connectivity index (χ1) is 33.0. The topological polar surface area (TPSA) is 227 Å². The maximum atomic E-state index is 12.7. The first-order valence-electron chi connectivity index (χ1n) is 22.8. The SMILES string of the molecule is C=CCOC(=O)CCOCCOCCOCCN(C)C(=O)CN(CC)C(=O)CCOCCNC(=O)OCC1c2ccccc2-c2ccccc21.CN(C=O)CCOCCOCCOCCC(=O)O. The van der Waals surface area contributed by atoms with Crippen LogP contribution in [0.2, 0.25) is 0 Å². The number of likely N-dealkylation sites (N-methyl/N-ethyl adjacent to an activating group) is 3. The van der Waals surface area contributed by atoms with Gasteiger partial charge in [0, 0.05) is 46.2 Å². The van der Waals surface area contributed by atoms with Gasteiger partial charge in [0.05, 0.1) is 118 Å². The van der Waals surface area contributed by atoms with Crippen LogP contribution in [0.25, 0.3) is 11.1 Å². The van der Waals surface area contributed by atoms with Crippen molar-refractivity contribution in [2.45, 2.75) is 32.1 Å². The lowest BCUT2D eigenvalue weighted by molar-refractivity contribution is -0.144. The number of rotatable bonds is 38. The van der Waals surface area contributed by atoms with E-state index in [-0.39, 0.29) is 95.7 Å². The van der Waals surface area contributed by atoms with Gasteiger partial charge in [0.2, 0.25) is 18.2 Å². The van der Waals surface area contributed by atoms with Gasteiger partial charge in [0.1, 0.15) is 13.2 Å². The molecule has 0 heterocycles. The third-order valence-corrected chi connectivity index (χ3v) is 9.91. The largest absolute Gasteiger partial charge is 0.481 e. The van der Waals surface area contributed by atoms with E-state index in [0.717, 1.165) is 17.5 Å². The van der Waals surface area contributed by atoms with Crippen molar-refractivity contribution in [1.82, 2.24) is 20.0 Å². The molecule has 1 aliphatic carbocycles. The third-order valence-electron chi connectivity index (χ3n) is 9.91. The molecule has 3 rings (SSSR count). The zero-order valence-corrected chi connectivity index (χ0v) is 39.9. The number of carbonyl (C=O) groups excluding carboxylic acids is 5. The van der Waals surface area contributed by atoms with E-state index >= 15 is 0 Å². The smallest absolute Gasteiger partial charge is 0.407 e. The van der Waals surface area contributed by atoms with E-state index < -0.39 is 12.1 Å². The molecule has 68 heavy (non-hydrogen) atoms. The van der Waals surface area contributed by atoms with Gasteiger partial charge in [-0.3, -0.25) is 24.0 Å². The van der Waals surface area contributed by atoms with E-state index in [1.54, 1.807) is 14.1 Å². The second-order valence-corrected chi connectivity index (χ2v) is 15.0. The second kappa shape index (κ2) is 37.5. The molecule has 0 aliphatic heterocycles. The summed E-state index contributed by atoms with van der Waals surface area (Å²) < 4.78 is 47.6. The number of nitrogens with zero attached hydrogens (tertiary/aromatic N) is 3. The van der Waals surface area contributed by atoms with Crippen molar-refractivity contribution in [3.8, 4) is 11.1 Å². The fraction of sp³-hybridized carbons (Fsp3) is 0.583. The van der Waals surface area contributed by atoms with Crippen LogP contribution in [-0.4, -0.2) is 209 Å². The van der Waals surface area contributed by atoms with Crippen LogP contribution in [0.5, 0.6) is 0 Å². The molecule has 0 radical (unpaired) electrons. The standard InChI is InChI=1S/C37H51N3O10.C11H21NO6/c1-4-18-49-36(43)15-20-46-23-25-48-26-24-47-22-17-39(3)35(42)27-40(5-2)34(41)14-19-45-21-16-38-37(44)50-28-33-31-12-8-6-10-29(31)30-11-7-9-13-32(30)33;1-12(10-13)3-5-17-7-9-18-8-6-16-4-2-11(14)15/h4,6-13,33H,1,5,14-28H2,2-3H3,(H,38,44);10H,2-9H2,1H3,(H,14,15). The van der Waals surface area contributed by atoms with Gasteiger partial charge in [-0.15, -0.1) is 0 Å². The van der Waals surface area contributed by atoms with Crippen molar-refractivity contribution in [2.75, 3.05) is 153 Å². The Balaban J connectivity index is 0.000000743. The minimum Gasteiger partial charge on any atom is -0.481 e. The number of aliphatic carboxylic acids is 1. The van der Waals surface area contributed by atoms with Crippen LogP contribution in [0.1, 0.15) is 43.2 Å². The lowest BCUT2D eigenvalue weighted by Crippen LogP contribution is -2.42. The van der Waals surface area contributed by atoms with E-state index in [1.165, 1.54) is 31.9 Å². The van der Waals surface area contributed by atoms with Crippen molar-refractivity contribution in [1.29, 1.82) is 0 Å². The van der Waals surface area contributed by atoms with Crippen molar-refractivity contribution in [2.24, 2.45) is 0 Å². The summed E-state index contributed by atoms with van der Waals surface area (Å²) in [6.45, 7) is 12.0. The average molecular weight is 961 g/mol. The number of carboxylic acid groups (broad SMARTS) is 1. The van der Waals surface area contributed by atoms with Crippen molar-refractivity contribution < 1.29 is 76.5 Å². The summed E-state index contributed by atoms with van der Waals surface area (Å²) in [5, 5.41) is 11.0. The van der Waals surface area contributed by atoms with Crippen molar-refractivity contribution in [3.05, 3.63) is 72.3 Å². The van der Waals surface area contributed by atoms with Crippen LogP contribution in [0.4, 0.5) is 4.79 Å². The average Bonchev–Trinajstić information content (AvgIpc) is 3.66. The Morgan fingerprint density at radius 3 is 1.69 bits per heavy atom. The maximum absolute atomic E-state index is 12.7. The molecule has 1 aliphatic rings. The number of benzene rings is 2. The van der Waals surface area contributed by atoms with Gasteiger partial charge in [-0.1, -0.05) is 61.2 Å². The Hall–Kier alpha value is -5.48. The molecule has 0 fully saturated rings. The molecular formula is C48H72N4O16. The van der Waals surface area contributed by atoms with Gasteiger partial charge in [0.15, 0.2) is 0 Å². The predicted molar refractivity (Wildman–Crippen MR) is 250 cm³/mol. The van der Waals surface area contributed by atoms with Gasteiger partial charge in [0.25, 0.3) is 0 Å². The van der Waals surface area contributed by atoms with E-state index in [4.69, 9.17) is 47.7 Å². The fourth-order valence-corrected chi connectivity index (χ4v) is 6.16. The molecule has 2 aromatic rings. The number of hydrogen-bond acceptors (Lipinski definition) is 15. The van der Waals surface area contributed by atoms with Crippen LogP contribution in [0.15, 0.2) is 61.2 Å².